The molecule has 5 nitrogen and oxygen atoms in total. The number of likely N-dealkylation sites (N-methyl/N-ethyl adjacent to an activating group) is 1. The Morgan fingerprint density at radius 3 is 2.38 bits per heavy atom. The van der Waals surface area contributed by atoms with Crippen LogP contribution in [0.3, 0.4) is 0 Å². The van der Waals surface area contributed by atoms with Crippen LogP contribution in [-0.2, 0) is 9.53 Å². The first-order chi connectivity index (χ1) is 9.74. The minimum atomic E-state index is -0.869. The van der Waals surface area contributed by atoms with Gasteiger partial charge in [0.25, 0.3) is 0 Å². The number of carbonyl (C=O) groups excluding carboxylic acids is 1. The fourth-order valence-corrected chi connectivity index (χ4v) is 2.68. The number of amides is 1. The summed E-state index contributed by atoms with van der Waals surface area (Å²) in [5.41, 5.74) is -0.869. The maximum atomic E-state index is 12.8. The molecule has 0 aromatic rings. The van der Waals surface area contributed by atoms with Crippen molar-refractivity contribution in [1.82, 2.24) is 10.2 Å². The first-order valence-electron chi connectivity index (χ1n) is 8.09. The highest BCUT2D eigenvalue weighted by atomic mass is 16.5. The zero-order valence-corrected chi connectivity index (χ0v) is 14.2. The molecule has 0 spiro atoms. The Labute approximate surface area is 129 Å². The van der Waals surface area contributed by atoms with E-state index in [9.17, 15) is 9.90 Å². The molecule has 1 aliphatic heterocycles. The van der Waals surface area contributed by atoms with Gasteiger partial charge < -0.3 is 20.1 Å². The van der Waals surface area contributed by atoms with Crippen molar-refractivity contribution in [2.45, 2.75) is 65.1 Å². The molecule has 5 heteroatoms. The molecule has 0 aliphatic carbocycles. The van der Waals surface area contributed by atoms with Gasteiger partial charge in [0, 0.05) is 32.3 Å². The van der Waals surface area contributed by atoms with E-state index in [0.717, 1.165) is 26.1 Å². The molecule has 2 N–H and O–H groups in total. The molecular weight excluding hydrogens is 268 g/mol. The molecule has 21 heavy (non-hydrogen) atoms. The van der Waals surface area contributed by atoms with E-state index in [0.29, 0.717) is 19.1 Å². The molecule has 1 aliphatic rings. The molecule has 124 valence electrons. The van der Waals surface area contributed by atoms with Crippen LogP contribution >= 0.6 is 0 Å². The van der Waals surface area contributed by atoms with E-state index >= 15 is 0 Å². The summed E-state index contributed by atoms with van der Waals surface area (Å²) in [5.74, 6) is 0.303. The number of aliphatic hydroxyl groups is 1. The predicted molar refractivity (Wildman–Crippen MR) is 84.2 cm³/mol. The normalized spacial score (nSPS) is 18.8. The predicted octanol–water partition coefficient (Wildman–Crippen LogP) is 1.40. The maximum absolute atomic E-state index is 12.8. The van der Waals surface area contributed by atoms with Crippen LogP contribution in [0.1, 0.15) is 47.5 Å². The van der Waals surface area contributed by atoms with E-state index in [2.05, 4.69) is 19.2 Å². The van der Waals surface area contributed by atoms with E-state index in [1.807, 2.05) is 6.92 Å². The first-order valence-corrected chi connectivity index (χ1v) is 8.09. The molecule has 0 saturated carbocycles. The monoisotopic (exact) mass is 300 g/mol. The van der Waals surface area contributed by atoms with Gasteiger partial charge in [-0.25, -0.2) is 0 Å². The Morgan fingerprint density at radius 2 is 1.95 bits per heavy atom. The molecule has 0 aromatic heterocycles. The third-order valence-corrected chi connectivity index (χ3v) is 3.84. The van der Waals surface area contributed by atoms with Gasteiger partial charge in [0.15, 0.2) is 0 Å². The van der Waals surface area contributed by atoms with Gasteiger partial charge in [-0.3, -0.25) is 4.79 Å². The Kier molecular flexibility index (Phi) is 7.10. The van der Waals surface area contributed by atoms with Gasteiger partial charge in [-0.1, -0.05) is 13.8 Å². The third kappa shape index (κ3) is 6.32. The average Bonchev–Trinajstić information content (AvgIpc) is 2.41. The molecule has 0 bridgehead atoms. The minimum Gasteiger partial charge on any atom is -0.389 e. The summed E-state index contributed by atoms with van der Waals surface area (Å²) in [7, 11) is 0. The van der Waals surface area contributed by atoms with Crippen molar-refractivity contribution in [3.8, 4) is 0 Å². The van der Waals surface area contributed by atoms with E-state index in [4.69, 9.17) is 4.74 Å². The van der Waals surface area contributed by atoms with Crippen LogP contribution in [-0.4, -0.2) is 59.9 Å². The number of nitrogens with one attached hydrogen (secondary N) is 1. The van der Waals surface area contributed by atoms with Gasteiger partial charge in [-0.15, -0.1) is 0 Å². The lowest BCUT2D eigenvalue weighted by Crippen LogP contribution is -2.55. The Balaban J connectivity index is 2.70. The number of rotatable bonds is 7. The second-order valence-electron chi connectivity index (χ2n) is 6.94. The molecule has 1 fully saturated rings. The largest absolute Gasteiger partial charge is 0.389 e. The van der Waals surface area contributed by atoms with E-state index in [1.165, 1.54) is 0 Å². The lowest BCUT2D eigenvalue weighted by molar-refractivity contribution is -0.137. The van der Waals surface area contributed by atoms with Crippen LogP contribution in [0.5, 0.6) is 0 Å². The number of ether oxygens (including phenoxy) is 1. The van der Waals surface area contributed by atoms with Gasteiger partial charge in [0.1, 0.15) is 0 Å². The SMILES string of the molecule is CCN(CC(C)(C)O)C(=O)C(NC1CCOCC1)C(C)C. The van der Waals surface area contributed by atoms with Gasteiger partial charge in [-0.05, 0) is 39.5 Å². The van der Waals surface area contributed by atoms with E-state index < -0.39 is 5.60 Å². The molecule has 0 radical (unpaired) electrons. The van der Waals surface area contributed by atoms with Crippen LogP contribution in [0.15, 0.2) is 0 Å². The van der Waals surface area contributed by atoms with Gasteiger partial charge in [0.2, 0.25) is 5.91 Å². The van der Waals surface area contributed by atoms with Crippen molar-refractivity contribution in [2.24, 2.45) is 5.92 Å². The quantitative estimate of drug-likeness (QED) is 0.746. The van der Waals surface area contributed by atoms with Crippen molar-refractivity contribution in [2.75, 3.05) is 26.3 Å². The standard InChI is InChI=1S/C16H32N2O3/c1-6-18(11-16(4,5)20)15(19)14(12(2)3)17-13-7-9-21-10-8-13/h12-14,17,20H,6-11H2,1-5H3. The van der Waals surface area contributed by atoms with Crippen molar-refractivity contribution >= 4 is 5.91 Å². The van der Waals surface area contributed by atoms with Gasteiger partial charge >= 0.3 is 0 Å². The molecule has 1 heterocycles. The summed E-state index contributed by atoms with van der Waals surface area (Å²) in [6.07, 6.45) is 1.90. The third-order valence-electron chi connectivity index (χ3n) is 3.84. The van der Waals surface area contributed by atoms with Crippen LogP contribution in [0, 0.1) is 5.92 Å². The lowest BCUT2D eigenvalue weighted by Gasteiger charge is -2.35. The topological polar surface area (TPSA) is 61.8 Å². The number of nitrogens with zero attached hydrogens (tertiary/aromatic N) is 1. The van der Waals surface area contributed by atoms with Crippen molar-refractivity contribution in [1.29, 1.82) is 0 Å². The van der Waals surface area contributed by atoms with Gasteiger partial charge in [-0.2, -0.15) is 0 Å². The molecule has 1 saturated heterocycles. The Hall–Kier alpha value is -0.650. The van der Waals surface area contributed by atoms with Crippen molar-refractivity contribution in [3.05, 3.63) is 0 Å². The summed E-state index contributed by atoms with van der Waals surface area (Å²) >= 11 is 0. The fraction of sp³-hybridized carbons (Fsp3) is 0.938. The zero-order valence-electron chi connectivity index (χ0n) is 14.2. The Morgan fingerprint density at radius 1 is 1.38 bits per heavy atom. The maximum Gasteiger partial charge on any atom is 0.240 e. The lowest BCUT2D eigenvalue weighted by atomic mass is 9.98. The minimum absolute atomic E-state index is 0.0844. The average molecular weight is 300 g/mol. The van der Waals surface area contributed by atoms with Gasteiger partial charge in [0.05, 0.1) is 11.6 Å². The van der Waals surface area contributed by atoms with Crippen molar-refractivity contribution < 1.29 is 14.6 Å². The zero-order chi connectivity index (χ0) is 16.0. The molecule has 0 aromatic carbocycles. The summed E-state index contributed by atoms with van der Waals surface area (Å²) in [4.78, 5) is 14.5. The smallest absolute Gasteiger partial charge is 0.240 e. The first kappa shape index (κ1) is 18.4. The van der Waals surface area contributed by atoms with E-state index in [1.54, 1.807) is 18.7 Å². The van der Waals surface area contributed by atoms with Crippen LogP contribution in [0.25, 0.3) is 0 Å². The summed E-state index contributed by atoms with van der Waals surface area (Å²) in [5, 5.41) is 13.5. The number of carbonyl (C=O) groups is 1. The van der Waals surface area contributed by atoms with Crippen molar-refractivity contribution in [3.63, 3.8) is 0 Å². The number of hydrogen-bond acceptors (Lipinski definition) is 4. The second kappa shape index (κ2) is 8.11. The van der Waals surface area contributed by atoms with Crippen LogP contribution in [0.4, 0.5) is 0 Å². The van der Waals surface area contributed by atoms with E-state index in [-0.39, 0.29) is 17.9 Å². The molecule has 1 atom stereocenters. The van der Waals surface area contributed by atoms with Crippen LogP contribution in [0.2, 0.25) is 0 Å². The highest BCUT2D eigenvalue weighted by Gasteiger charge is 2.31. The molecule has 1 rings (SSSR count). The summed E-state index contributed by atoms with van der Waals surface area (Å²) in [6.45, 7) is 12.0. The fourth-order valence-electron chi connectivity index (χ4n) is 2.68. The molecule has 1 unspecified atom stereocenters. The highest BCUT2D eigenvalue weighted by Crippen LogP contribution is 2.14. The summed E-state index contributed by atoms with van der Waals surface area (Å²) < 4.78 is 5.37. The second-order valence-corrected chi connectivity index (χ2v) is 6.94. The Bertz CT molecular complexity index is 320. The molecule has 1 amide bonds. The van der Waals surface area contributed by atoms with Crippen LogP contribution < -0.4 is 5.32 Å². The number of hydrogen-bond donors (Lipinski definition) is 2. The highest BCUT2D eigenvalue weighted by molar-refractivity contribution is 5.82. The summed E-state index contributed by atoms with van der Waals surface area (Å²) in [6, 6.07) is 0.145. The molecular formula is C16H32N2O3.